The lowest BCUT2D eigenvalue weighted by molar-refractivity contribution is -0.165. The van der Waals surface area contributed by atoms with Gasteiger partial charge in [-0.2, -0.15) is 4.98 Å². The third-order valence-electron chi connectivity index (χ3n) is 4.52. The number of nitrogens with zero attached hydrogens (tertiary/aromatic N) is 3. The quantitative estimate of drug-likeness (QED) is 0.309. The van der Waals surface area contributed by atoms with Gasteiger partial charge in [0.2, 0.25) is 0 Å². The first-order valence-electron chi connectivity index (χ1n) is 9.77. The summed E-state index contributed by atoms with van der Waals surface area (Å²) in [6, 6.07) is 3.45. The molecule has 0 aliphatic carbocycles. The van der Waals surface area contributed by atoms with E-state index in [9.17, 15) is 19.2 Å². The number of rotatable bonds is 6. The van der Waals surface area contributed by atoms with E-state index in [-0.39, 0.29) is 12.4 Å². The highest BCUT2D eigenvalue weighted by molar-refractivity contribution is 14.1. The van der Waals surface area contributed by atoms with Crippen LogP contribution in [-0.2, 0) is 35.1 Å². The molecule has 0 spiro atoms. The Morgan fingerprint density at radius 3 is 2.55 bits per heavy atom. The van der Waals surface area contributed by atoms with Crippen molar-refractivity contribution in [1.29, 1.82) is 0 Å². The molecule has 176 valence electrons. The largest absolute Gasteiger partial charge is 0.456 e. The van der Waals surface area contributed by atoms with E-state index in [1.54, 1.807) is 31.5 Å². The summed E-state index contributed by atoms with van der Waals surface area (Å²) < 4.78 is 22.9. The molecule has 12 nitrogen and oxygen atoms in total. The van der Waals surface area contributed by atoms with Crippen LogP contribution in [0.15, 0.2) is 35.5 Å². The Hall–Kier alpha value is -3.07. The van der Waals surface area contributed by atoms with Crippen LogP contribution in [0, 0.1) is 3.57 Å². The highest BCUT2D eigenvalue weighted by Crippen LogP contribution is 2.33. The van der Waals surface area contributed by atoms with E-state index in [1.807, 2.05) is 22.6 Å². The summed E-state index contributed by atoms with van der Waals surface area (Å²) in [5.41, 5.74) is -0.0899. The summed E-state index contributed by atoms with van der Waals surface area (Å²) in [5.74, 6) is -1.23. The van der Waals surface area contributed by atoms with Crippen LogP contribution in [0.2, 0.25) is 0 Å². The average Bonchev–Trinajstić information content (AvgIpc) is 3.04. The first kappa shape index (κ1) is 24.6. The standard InChI is InChI=1S/C20H21IN4O8/c1-10-15(32-11(2)26)16(33-12(3)27)18(31-10)25-8-14(21)17(23-19(25)28)24-20(29)30-9-13-5-4-6-22-7-13/h4-8,10,15-16,18H,9H2,1-3H3,(H,23,24,28,29)/t10-,15?,16?,18-/m1/s1. The molecule has 0 bridgehead atoms. The van der Waals surface area contributed by atoms with Crippen molar-refractivity contribution >= 4 is 46.4 Å². The first-order valence-corrected chi connectivity index (χ1v) is 10.8. The zero-order valence-corrected chi connectivity index (χ0v) is 20.0. The van der Waals surface area contributed by atoms with Gasteiger partial charge < -0.3 is 18.9 Å². The molecule has 13 heteroatoms. The van der Waals surface area contributed by atoms with Gasteiger partial charge in [-0.3, -0.25) is 24.5 Å². The van der Waals surface area contributed by atoms with Crippen molar-refractivity contribution in [3.63, 3.8) is 0 Å². The predicted octanol–water partition coefficient (Wildman–Crippen LogP) is 1.77. The maximum absolute atomic E-state index is 12.7. The van der Waals surface area contributed by atoms with Crippen LogP contribution in [0.25, 0.3) is 0 Å². The molecule has 3 heterocycles. The van der Waals surface area contributed by atoms with Gasteiger partial charge >= 0.3 is 23.7 Å². The van der Waals surface area contributed by atoms with Gasteiger partial charge in [-0.1, -0.05) is 6.07 Å². The van der Waals surface area contributed by atoms with E-state index < -0.39 is 48.3 Å². The Bertz CT molecular complexity index is 1090. The monoisotopic (exact) mass is 572 g/mol. The zero-order chi connectivity index (χ0) is 24.1. The Labute approximate surface area is 201 Å². The van der Waals surface area contributed by atoms with Crippen LogP contribution < -0.4 is 11.0 Å². The summed E-state index contributed by atoms with van der Waals surface area (Å²) in [7, 11) is 0. The number of aromatic nitrogens is 3. The molecule has 2 unspecified atom stereocenters. The van der Waals surface area contributed by atoms with E-state index in [4.69, 9.17) is 18.9 Å². The number of amides is 1. The van der Waals surface area contributed by atoms with E-state index in [1.165, 1.54) is 20.0 Å². The van der Waals surface area contributed by atoms with Crippen LogP contribution in [0.3, 0.4) is 0 Å². The van der Waals surface area contributed by atoms with Gasteiger partial charge in [0.05, 0.1) is 9.67 Å². The number of pyridine rings is 1. The van der Waals surface area contributed by atoms with Gasteiger partial charge in [-0.25, -0.2) is 9.59 Å². The van der Waals surface area contributed by atoms with Gasteiger partial charge in [0.25, 0.3) is 0 Å². The maximum atomic E-state index is 12.7. The number of nitrogens with one attached hydrogen (secondary N) is 1. The van der Waals surface area contributed by atoms with Gasteiger partial charge in [0, 0.05) is 38.0 Å². The summed E-state index contributed by atoms with van der Waals surface area (Å²) >= 11 is 1.87. The van der Waals surface area contributed by atoms with Crippen molar-refractivity contribution in [3.8, 4) is 0 Å². The minimum atomic E-state index is -1.09. The minimum Gasteiger partial charge on any atom is -0.456 e. The third kappa shape index (κ3) is 6.25. The van der Waals surface area contributed by atoms with Gasteiger partial charge in [-0.05, 0) is 35.6 Å². The molecular weight excluding hydrogens is 551 g/mol. The van der Waals surface area contributed by atoms with Crippen molar-refractivity contribution in [1.82, 2.24) is 14.5 Å². The van der Waals surface area contributed by atoms with Crippen molar-refractivity contribution in [2.45, 2.75) is 51.9 Å². The Kier molecular flexibility index (Phi) is 7.97. The van der Waals surface area contributed by atoms with Crippen LogP contribution >= 0.6 is 22.6 Å². The number of carbonyl (C=O) groups excluding carboxylic acids is 3. The second kappa shape index (κ2) is 10.7. The van der Waals surface area contributed by atoms with Crippen molar-refractivity contribution in [2.24, 2.45) is 0 Å². The van der Waals surface area contributed by atoms with Crippen LogP contribution in [0.5, 0.6) is 0 Å². The maximum Gasteiger partial charge on any atom is 0.413 e. The fourth-order valence-corrected chi connectivity index (χ4v) is 3.74. The molecule has 3 rings (SSSR count). The number of hydrogen-bond acceptors (Lipinski definition) is 10. The van der Waals surface area contributed by atoms with E-state index >= 15 is 0 Å². The number of esters is 2. The summed E-state index contributed by atoms with van der Waals surface area (Å²) in [6.07, 6.45) is 0.000740. The van der Waals surface area contributed by atoms with Gasteiger partial charge in [-0.15, -0.1) is 0 Å². The number of ether oxygens (including phenoxy) is 4. The fourth-order valence-electron chi connectivity index (χ4n) is 3.18. The number of anilines is 1. The first-order chi connectivity index (χ1) is 15.7. The Morgan fingerprint density at radius 2 is 1.91 bits per heavy atom. The molecule has 1 amide bonds. The van der Waals surface area contributed by atoms with E-state index in [0.717, 1.165) is 4.57 Å². The van der Waals surface area contributed by atoms with Gasteiger partial charge in [0.1, 0.15) is 6.61 Å². The molecule has 0 saturated carbocycles. The lowest BCUT2D eigenvalue weighted by Crippen LogP contribution is -2.40. The molecule has 0 aromatic carbocycles. The lowest BCUT2D eigenvalue weighted by Gasteiger charge is -2.23. The average molecular weight is 572 g/mol. The predicted molar refractivity (Wildman–Crippen MR) is 120 cm³/mol. The second-order valence-electron chi connectivity index (χ2n) is 7.07. The van der Waals surface area contributed by atoms with Gasteiger partial charge in [0.15, 0.2) is 24.3 Å². The highest BCUT2D eigenvalue weighted by atomic mass is 127. The van der Waals surface area contributed by atoms with Crippen molar-refractivity contribution in [3.05, 3.63) is 50.3 Å². The molecular formula is C20H21IN4O8. The molecule has 1 aliphatic heterocycles. The molecule has 33 heavy (non-hydrogen) atoms. The zero-order valence-electron chi connectivity index (χ0n) is 17.9. The van der Waals surface area contributed by atoms with Crippen molar-refractivity contribution < 1.29 is 33.3 Å². The Balaban J connectivity index is 1.78. The van der Waals surface area contributed by atoms with Crippen LogP contribution in [-0.4, -0.2) is 50.9 Å². The van der Waals surface area contributed by atoms with E-state index in [2.05, 4.69) is 15.3 Å². The minimum absolute atomic E-state index is 0.0112. The summed E-state index contributed by atoms with van der Waals surface area (Å²) in [6.45, 7) is 4.03. The second-order valence-corrected chi connectivity index (χ2v) is 8.23. The molecule has 1 aliphatic rings. The fraction of sp³-hybridized carbons (Fsp3) is 0.400. The topological polar surface area (TPSA) is 148 Å². The lowest BCUT2D eigenvalue weighted by atomic mass is 10.1. The SMILES string of the molecule is CC(=O)OC1C(OC(C)=O)[C@@H](C)O[C@H]1n1cc(I)c(NC(=O)OCc2cccnc2)nc1=O. The Morgan fingerprint density at radius 1 is 1.21 bits per heavy atom. The summed E-state index contributed by atoms with van der Waals surface area (Å²) in [5, 5.41) is 2.42. The third-order valence-corrected chi connectivity index (χ3v) is 5.31. The summed E-state index contributed by atoms with van der Waals surface area (Å²) in [4.78, 5) is 55.8. The molecule has 1 saturated heterocycles. The number of hydrogen-bond donors (Lipinski definition) is 1. The molecule has 4 atom stereocenters. The molecule has 1 N–H and O–H groups in total. The number of halogens is 1. The van der Waals surface area contributed by atoms with Crippen LogP contribution in [0.4, 0.5) is 10.6 Å². The molecule has 2 aromatic heterocycles. The van der Waals surface area contributed by atoms with E-state index in [0.29, 0.717) is 9.13 Å². The molecule has 0 radical (unpaired) electrons. The smallest absolute Gasteiger partial charge is 0.413 e. The highest BCUT2D eigenvalue weighted by Gasteiger charge is 2.48. The van der Waals surface area contributed by atoms with Crippen LogP contribution in [0.1, 0.15) is 32.6 Å². The molecule has 2 aromatic rings. The number of carbonyl (C=O) groups is 3. The molecule has 1 fully saturated rings. The normalized spacial score (nSPS) is 21.8. The van der Waals surface area contributed by atoms with Crippen molar-refractivity contribution in [2.75, 3.05) is 5.32 Å².